The highest BCUT2D eigenvalue weighted by Gasteiger charge is 1.88. The van der Waals surface area contributed by atoms with Gasteiger partial charge in [0, 0.05) is 25.0 Å². The van der Waals surface area contributed by atoms with Gasteiger partial charge in [0.25, 0.3) is 0 Å². The van der Waals surface area contributed by atoms with Crippen LogP contribution in [-0.2, 0) is 6.54 Å². The second kappa shape index (κ2) is 5.00. The average Bonchev–Trinajstić information content (AvgIpc) is 2.50. The average molecular weight is 150 g/mol. The topological polar surface area (TPSA) is 4.93 Å². The lowest BCUT2D eigenvalue weighted by atomic mass is 10.2. The molecule has 1 heteroatoms. The van der Waals surface area contributed by atoms with Gasteiger partial charge in [-0.1, -0.05) is 26.2 Å². The Morgan fingerprint density at radius 2 is 2.18 bits per heavy atom. The van der Waals surface area contributed by atoms with Gasteiger partial charge in [-0.25, -0.2) is 0 Å². The summed E-state index contributed by atoms with van der Waals surface area (Å²) in [4.78, 5) is 0. The molecule has 0 saturated carbocycles. The van der Waals surface area contributed by atoms with Crippen molar-refractivity contribution in [2.75, 3.05) is 0 Å². The number of nitrogens with zero attached hydrogens (tertiary/aromatic N) is 1. The van der Waals surface area contributed by atoms with E-state index < -0.39 is 0 Å². The summed E-state index contributed by atoms with van der Waals surface area (Å²) < 4.78 is 2.19. The number of hydrogen-bond acceptors (Lipinski definition) is 0. The fourth-order valence-corrected chi connectivity index (χ4v) is 1.18. The van der Waals surface area contributed by atoms with Crippen LogP contribution in [0.25, 0.3) is 0 Å². The highest BCUT2D eigenvalue weighted by molar-refractivity contribution is 4.87. The van der Waals surface area contributed by atoms with Gasteiger partial charge in [0.05, 0.1) is 0 Å². The molecule has 1 aromatic heterocycles. The van der Waals surface area contributed by atoms with Gasteiger partial charge in [-0.05, 0) is 12.5 Å². The predicted molar refractivity (Wildman–Crippen MR) is 47.4 cm³/mol. The van der Waals surface area contributed by atoms with Crippen LogP contribution in [0.1, 0.15) is 32.6 Å². The van der Waals surface area contributed by atoms with E-state index in [9.17, 15) is 0 Å². The van der Waals surface area contributed by atoms with Crippen LogP contribution >= 0.6 is 0 Å². The minimum absolute atomic E-state index is 1.16. The molecule has 1 aromatic rings. The van der Waals surface area contributed by atoms with Gasteiger partial charge in [0.15, 0.2) is 0 Å². The number of aromatic nitrogens is 1. The Kier molecular flexibility index (Phi) is 3.81. The fourth-order valence-electron chi connectivity index (χ4n) is 1.18. The lowest BCUT2D eigenvalue weighted by molar-refractivity contribution is 0.584. The van der Waals surface area contributed by atoms with E-state index in [2.05, 4.69) is 23.8 Å². The van der Waals surface area contributed by atoms with Crippen molar-refractivity contribution in [3.63, 3.8) is 0 Å². The second-order valence-corrected chi connectivity index (χ2v) is 2.91. The summed E-state index contributed by atoms with van der Waals surface area (Å²) >= 11 is 0. The van der Waals surface area contributed by atoms with E-state index in [0.717, 1.165) is 6.54 Å². The summed E-state index contributed by atoms with van der Waals surface area (Å²) in [6.45, 7) is 3.40. The van der Waals surface area contributed by atoms with Crippen molar-refractivity contribution in [1.29, 1.82) is 0 Å². The highest BCUT2D eigenvalue weighted by Crippen LogP contribution is 2.01. The minimum Gasteiger partial charge on any atom is -0.354 e. The summed E-state index contributed by atoms with van der Waals surface area (Å²) in [5.74, 6) is 0. The molecule has 61 valence electrons. The van der Waals surface area contributed by atoms with Crippen LogP contribution < -0.4 is 0 Å². The standard InChI is InChI=1S/C10H16N/c1-2-3-4-5-8-11-9-6-7-10-11/h6,9-10H,2-5,8H2,1H3. The molecule has 0 atom stereocenters. The van der Waals surface area contributed by atoms with Crippen LogP contribution in [0.2, 0.25) is 0 Å². The zero-order valence-corrected chi connectivity index (χ0v) is 7.21. The molecule has 0 bridgehead atoms. The molecule has 0 unspecified atom stereocenters. The maximum Gasteiger partial charge on any atom is 0.0219 e. The fraction of sp³-hybridized carbons (Fsp3) is 0.600. The first-order valence-electron chi connectivity index (χ1n) is 4.45. The van der Waals surface area contributed by atoms with Crippen molar-refractivity contribution in [3.05, 3.63) is 24.5 Å². The van der Waals surface area contributed by atoms with Crippen LogP contribution in [0.3, 0.4) is 0 Å². The molecule has 0 aromatic carbocycles. The monoisotopic (exact) mass is 150 g/mol. The molecule has 1 nitrogen and oxygen atoms in total. The Hall–Kier alpha value is -0.720. The molecular formula is C10H16N. The molecule has 0 spiro atoms. The van der Waals surface area contributed by atoms with E-state index in [1.165, 1.54) is 25.7 Å². The molecule has 0 aliphatic rings. The van der Waals surface area contributed by atoms with Crippen molar-refractivity contribution in [2.24, 2.45) is 0 Å². The van der Waals surface area contributed by atoms with Crippen LogP contribution in [0.4, 0.5) is 0 Å². The van der Waals surface area contributed by atoms with E-state index in [0.29, 0.717) is 0 Å². The van der Waals surface area contributed by atoms with Crippen LogP contribution in [0.15, 0.2) is 18.5 Å². The quantitative estimate of drug-likeness (QED) is 0.569. The highest BCUT2D eigenvalue weighted by atomic mass is 14.9. The van der Waals surface area contributed by atoms with Gasteiger partial charge in [-0.3, -0.25) is 0 Å². The summed E-state index contributed by atoms with van der Waals surface area (Å²) in [5, 5.41) is 0. The van der Waals surface area contributed by atoms with Crippen molar-refractivity contribution < 1.29 is 0 Å². The van der Waals surface area contributed by atoms with Crippen molar-refractivity contribution in [2.45, 2.75) is 39.2 Å². The third kappa shape index (κ3) is 3.26. The Morgan fingerprint density at radius 3 is 2.82 bits per heavy atom. The lowest BCUT2D eigenvalue weighted by Gasteiger charge is -2.00. The summed E-state index contributed by atoms with van der Waals surface area (Å²) in [6, 6.07) is 4.99. The van der Waals surface area contributed by atoms with Gasteiger partial charge in [-0.15, -0.1) is 0 Å². The number of unbranched alkanes of at least 4 members (excludes halogenated alkanes) is 3. The number of hydrogen-bond donors (Lipinski definition) is 0. The molecule has 1 radical (unpaired) electrons. The first kappa shape index (κ1) is 8.38. The molecule has 0 aliphatic carbocycles. The molecular weight excluding hydrogens is 134 g/mol. The molecule has 11 heavy (non-hydrogen) atoms. The molecule has 0 amide bonds. The van der Waals surface area contributed by atoms with Crippen molar-refractivity contribution in [1.82, 2.24) is 4.57 Å². The van der Waals surface area contributed by atoms with E-state index in [1.807, 2.05) is 12.3 Å². The molecule has 0 aliphatic heterocycles. The third-order valence-corrected chi connectivity index (χ3v) is 1.87. The Labute approximate surface area is 69.0 Å². The van der Waals surface area contributed by atoms with E-state index >= 15 is 0 Å². The smallest absolute Gasteiger partial charge is 0.0219 e. The molecule has 0 saturated heterocycles. The minimum atomic E-state index is 1.16. The summed E-state index contributed by atoms with van der Waals surface area (Å²) in [7, 11) is 0. The Balaban J connectivity index is 2.04. The summed E-state index contributed by atoms with van der Waals surface area (Å²) in [5.41, 5.74) is 0. The van der Waals surface area contributed by atoms with Crippen molar-refractivity contribution >= 4 is 0 Å². The van der Waals surface area contributed by atoms with E-state index in [1.54, 1.807) is 0 Å². The largest absolute Gasteiger partial charge is 0.354 e. The molecule has 0 N–H and O–H groups in total. The van der Waals surface area contributed by atoms with Crippen LogP contribution in [0, 0.1) is 6.07 Å². The van der Waals surface area contributed by atoms with Crippen molar-refractivity contribution in [3.8, 4) is 0 Å². The summed E-state index contributed by atoms with van der Waals surface area (Å²) in [6.07, 6.45) is 9.42. The normalized spacial score (nSPS) is 10.3. The van der Waals surface area contributed by atoms with E-state index in [4.69, 9.17) is 0 Å². The maximum atomic E-state index is 3.03. The zero-order valence-electron chi connectivity index (χ0n) is 7.21. The van der Waals surface area contributed by atoms with Gasteiger partial charge >= 0.3 is 0 Å². The predicted octanol–water partition coefficient (Wildman–Crippen LogP) is 2.87. The Bertz CT molecular complexity index is 165. The van der Waals surface area contributed by atoms with Gasteiger partial charge in [0.1, 0.15) is 0 Å². The molecule has 1 rings (SSSR count). The first-order valence-corrected chi connectivity index (χ1v) is 4.45. The zero-order chi connectivity index (χ0) is 7.94. The van der Waals surface area contributed by atoms with Crippen LogP contribution in [0.5, 0.6) is 0 Å². The Morgan fingerprint density at radius 1 is 1.27 bits per heavy atom. The van der Waals surface area contributed by atoms with E-state index in [-0.39, 0.29) is 0 Å². The SMILES string of the molecule is CCCCCCn1c[c]cc1. The number of rotatable bonds is 5. The van der Waals surface area contributed by atoms with Gasteiger partial charge in [0.2, 0.25) is 0 Å². The third-order valence-electron chi connectivity index (χ3n) is 1.87. The first-order chi connectivity index (χ1) is 5.43. The molecule has 1 heterocycles. The maximum absolute atomic E-state index is 3.03. The molecule has 0 fully saturated rings. The van der Waals surface area contributed by atoms with Gasteiger partial charge in [-0.2, -0.15) is 0 Å². The second-order valence-electron chi connectivity index (χ2n) is 2.91. The number of aryl methyl sites for hydroxylation is 1. The van der Waals surface area contributed by atoms with Crippen LogP contribution in [-0.4, -0.2) is 4.57 Å². The lowest BCUT2D eigenvalue weighted by Crippen LogP contribution is -1.93. The van der Waals surface area contributed by atoms with Gasteiger partial charge < -0.3 is 4.57 Å².